The number of benzene rings is 1. The number of hydrogen-bond acceptors (Lipinski definition) is 3. The first-order valence-corrected chi connectivity index (χ1v) is 5.98. The number of hydrogen-bond donors (Lipinski definition) is 0. The smallest absolute Gasteiger partial charge is 0.382 e. The molecular formula is C12H14ClNO3. The highest BCUT2D eigenvalue weighted by molar-refractivity contribution is 6.28. The lowest BCUT2D eigenvalue weighted by molar-refractivity contribution is -0.922. The van der Waals surface area contributed by atoms with E-state index in [1.54, 1.807) is 0 Å². The summed E-state index contributed by atoms with van der Waals surface area (Å²) in [5.41, 5.74) is -0.252. The number of ether oxygens (including phenoxy) is 1. The number of quaternary nitrogens is 1. The molecule has 0 N–H and O–H groups in total. The van der Waals surface area contributed by atoms with E-state index < -0.39 is 16.1 Å². The number of hydroxylamine groups is 3. The zero-order valence-corrected chi connectivity index (χ0v) is 10.1. The fourth-order valence-electron chi connectivity index (χ4n) is 1.69. The average Bonchev–Trinajstić information content (AvgIpc) is 2.33. The molecule has 92 valence electrons. The second kappa shape index (κ2) is 5.04. The van der Waals surface area contributed by atoms with Gasteiger partial charge in [-0.05, 0) is 17.2 Å². The molecule has 1 unspecified atom stereocenters. The van der Waals surface area contributed by atoms with E-state index in [0.717, 1.165) is 12.0 Å². The van der Waals surface area contributed by atoms with Crippen molar-refractivity contribution in [2.45, 2.75) is 18.5 Å². The summed E-state index contributed by atoms with van der Waals surface area (Å²) in [6, 6.07) is 9.30. The molecule has 0 amide bonds. The van der Waals surface area contributed by atoms with Crippen molar-refractivity contribution >= 4 is 17.6 Å². The Bertz CT molecular complexity index is 392. The van der Waals surface area contributed by atoms with Crippen molar-refractivity contribution in [2.24, 2.45) is 0 Å². The molecule has 0 radical (unpaired) electrons. The number of esters is 1. The van der Waals surface area contributed by atoms with E-state index in [2.05, 4.69) is 0 Å². The quantitative estimate of drug-likeness (QED) is 0.272. The zero-order chi connectivity index (χ0) is 12.3. The predicted octanol–water partition coefficient (Wildman–Crippen LogP) is 2.01. The third-order valence-electron chi connectivity index (χ3n) is 2.90. The minimum absolute atomic E-state index is 0.156. The molecule has 0 saturated carbocycles. The van der Waals surface area contributed by atoms with Crippen LogP contribution in [0.2, 0.25) is 0 Å². The Morgan fingerprint density at radius 2 is 2.06 bits per heavy atom. The average molecular weight is 256 g/mol. The van der Waals surface area contributed by atoms with Crippen molar-refractivity contribution in [3.63, 3.8) is 0 Å². The number of halogens is 1. The van der Waals surface area contributed by atoms with Gasteiger partial charge in [0.2, 0.25) is 0 Å². The van der Waals surface area contributed by atoms with E-state index in [1.165, 1.54) is 0 Å². The Labute approximate surface area is 105 Å². The molecule has 1 aromatic carbocycles. The molecular weight excluding hydrogens is 242 g/mol. The summed E-state index contributed by atoms with van der Waals surface area (Å²) in [6.07, 6.45) is 0.818. The van der Waals surface area contributed by atoms with Crippen LogP contribution in [-0.4, -0.2) is 29.2 Å². The SMILES string of the molecule is O=C(OCc1ccccc1)C(Cl)[N+]1([O-])CCC1. The highest BCUT2D eigenvalue weighted by Gasteiger charge is 2.39. The van der Waals surface area contributed by atoms with Crippen molar-refractivity contribution in [1.29, 1.82) is 0 Å². The molecule has 2 rings (SSSR count). The van der Waals surface area contributed by atoms with Crippen LogP contribution in [0.3, 0.4) is 0 Å². The van der Waals surface area contributed by atoms with Crippen LogP contribution in [0.5, 0.6) is 0 Å². The molecule has 1 fully saturated rings. The lowest BCUT2D eigenvalue weighted by Gasteiger charge is -2.51. The van der Waals surface area contributed by atoms with E-state index in [1.807, 2.05) is 30.3 Å². The van der Waals surface area contributed by atoms with Crippen molar-refractivity contribution < 1.29 is 14.2 Å². The van der Waals surface area contributed by atoms with Gasteiger partial charge in [-0.25, -0.2) is 4.79 Å². The lowest BCUT2D eigenvalue weighted by Crippen LogP contribution is -2.60. The third-order valence-corrected chi connectivity index (χ3v) is 3.44. The maximum atomic E-state index is 11.8. The van der Waals surface area contributed by atoms with Gasteiger partial charge in [0.15, 0.2) is 0 Å². The molecule has 4 nitrogen and oxygen atoms in total. The molecule has 1 heterocycles. The van der Waals surface area contributed by atoms with Gasteiger partial charge in [0, 0.05) is 6.42 Å². The van der Waals surface area contributed by atoms with E-state index >= 15 is 0 Å². The fraction of sp³-hybridized carbons (Fsp3) is 0.417. The number of carbonyl (C=O) groups excluding carboxylic acids is 1. The first kappa shape index (κ1) is 12.4. The van der Waals surface area contributed by atoms with E-state index in [4.69, 9.17) is 16.3 Å². The zero-order valence-electron chi connectivity index (χ0n) is 9.34. The van der Waals surface area contributed by atoms with Crippen LogP contribution in [0.4, 0.5) is 0 Å². The summed E-state index contributed by atoms with van der Waals surface area (Å²) in [5, 5.41) is 11.8. The van der Waals surface area contributed by atoms with Gasteiger partial charge in [-0.2, -0.15) is 0 Å². The van der Waals surface area contributed by atoms with Gasteiger partial charge < -0.3 is 14.6 Å². The van der Waals surface area contributed by atoms with E-state index in [-0.39, 0.29) is 6.61 Å². The second-order valence-electron chi connectivity index (χ2n) is 4.18. The molecule has 0 spiro atoms. The van der Waals surface area contributed by atoms with E-state index in [9.17, 15) is 10.0 Å². The molecule has 0 aromatic heterocycles. The normalized spacial score (nSPS) is 19.2. The number of nitrogens with zero attached hydrogens (tertiary/aromatic N) is 1. The summed E-state index contributed by atoms with van der Waals surface area (Å²) < 4.78 is 4.37. The van der Waals surface area contributed by atoms with Gasteiger partial charge in [0.25, 0.3) is 5.50 Å². The summed E-state index contributed by atoms with van der Waals surface area (Å²) in [5.74, 6) is -0.634. The van der Waals surface area contributed by atoms with Gasteiger partial charge in [-0.1, -0.05) is 30.3 Å². The number of alkyl halides is 1. The Balaban J connectivity index is 1.85. The van der Waals surface area contributed by atoms with Crippen molar-refractivity contribution in [3.8, 4) is 0 Å². The number of carbonyl (C=O) groups is 1. The highest BCUT2D eigenvalue weighted by atomic mass is 35.5. The summed E-state index contributed by atoms with van der Waals surface area (Å²) in [7, 11) is 0. The summed E-state index contributed by atoms with van der Waals surface area (Å²) in [4.78, 5) is 11.6. The van der Waals surface area contributed by atoms with Crippen LogP contribution in [0.25, 0.3) is 0 Å². The predicted molar refractivity (Wildman–Crippen MR) is 63.9 cm³/mol. The van der Waals surface area contributed by atoms with Gasteiger partial charge in [-0.15, -0.1) is 0 Å². The molecule has 0 aliphatic carbocycles. The number of likely N-dealkylation sites (tertiary alicyclic amines) is 1. The van der Waals surface area contributed by atoms with Gasteiger partial charge >= 0.3 is 5.97 Å². The van der Waals surface area contributed by atoms with Crippen LogP contribution in [0.1, 0.15) is 12.0 Å². The van der Waals surface area contributed by atoms with Crippen LogP contribution < -0.4 is 0 Å². The van der Waals surface area contributed by atoms with Crippen molar-refractivity contribution in [2.75, 3.05) is 13.1 Å². The summed E-state index contributed by atoms with van der Waals surface area (Å²) >= 11 is 5.83. The standard InChI is InChI=1S/C12H14ClNO3/c13-11(14(16)7-4-8-14)12(15)17-9-10-5-2-1-3-6-10/h1-3,5-6,11H,4,7-9H2. The van der Waals surface area contributed by atoms with Crippen LogP contribution in [-0.2, 0) is 16.1 Å². The minimum Gasteiger partial charge on any atom is -0.631 e. The van der Waals surface area contributed by atoms with Crippen LogP contribution >= 0.6 is 11.6 Å². The lowest BCUT2D eigenvalue weighted by atomic mass is 10.2. The Morgan fingerprint density at radius 3 is 2.59 bits per heavy atom. The Hall–Kier alpha value is -1.10. The monoisotopic (exact) mass is 255 g/mol. The number of rotatable bonds is 4. The molecule has 1 aromatic rings. The van der Waals surface area contributed by atoms with Crippen molar-refractivity contribution in [1.82, 2.24) is 0 Å². The molecule has 17 heavy (non-hydrogen) atoms. The Morgan fingerprint density at radius 1 is 1.41 bits per heavy atom. The molecule has 0 bridgehead atoms. The second-order valence-corrected chi connectivity index (χ2v) is 4.60. The third kappa shape index (κ3) is 2.77. The summed E-state index contributed by atoms with van der Waals surface area (Å²) in [6.45, 7) is 0.950. The van der Waals surface area contributed by atoms with Gasteiger partial charge in [0.05, 0.1) is 13.1 Å². The van der Waals surface area contributed by atoms with Crippen molar-refractivity contribution in [3.05, 3.63) is 41.1 Å². The maximum Gasteiger partial charge on any atom is 0.382 e. The molecule has 1 aliphatic rings. The first-order valence-electron chi connectivity index (χ1n) is 5.54. The minimum atomic E-state index is -1.13. The Kier molecular flexibility index (Phi) is 3.66. The highest BCUT2D eigenvalue weighted by Crippen LogP contribution is 2.26. The van der Waals surface area contributed by atoms with Gasteiger partial charge in [-0.3, -0.25) is 0 Å². The van der Waals surface area contributed by atoms with Crippen LogP contribution in [0, 0.1) is 5.21 Å². The molecule has 1 saturated heterocycles. The topological polar surface area (TPSA) is 49.4 Å². The largest absolute Gasteiger partial charge is 0.631 e. The fourth-order valence-corrected chi connectivity index (χ4v) is 1.94. The molecule has 1 aliphatic heterocycles. The molecule has 1 atom stereocenters. The van der Waals surface area contributed by atoms with Gasteiger partial charge in [0.1, 0.15) is 6.61 Å². The van der Waals surface area contributed by atoms with E-state index in [0.29, 0.717) is 13.1 Å². The first-order chi connectivity index (χ1) is 8.12. The maximum absolute atomic E-state index is 11.8. The van der Waals surface area contributed by atoms with Crippen LogP contribution in [0.15, 0.2) is 30.3 Å². The molecule has 5 heteroatoms.